The van der Waals surface area contributed by atoms with Crippen molar-refractivity contribution in [3.63, 3.8) is 0 Å². The minimum Gasteiger partial charge on any atom is -0.507 e. The van der Waals surface area contributed by atoms with Crippen molar-refractivity contribution >= 4 is 23.1 Å². The smallest absolute Gasteiger partial charge is 0.300 e. The molecule has 0 aromatic heterocycles. The van der Waals surface area contributed by atoms with Crippen molar-refractivity contribution in [1.82, 2.24) is 0 Å². The molecule has 174 valence electrons. The Bertz CT molecular complexity index is 1250. The zero-order valence-corrected chi connectivity index (χ0v) is 19.0. The predicted octanol–water partition coefficient (Wildman–Crippen LogP) is 5.25. The van der Waals surface area contributed by atoms with Gasteiger partial charge in [0.25, 0.3) is 11.7 Å². The van der Waals surface area contributed by atoms with Gasteiger partial charge in [-0.1, -0.05) is 18.2 Å². The van der Waals surface area contributed by atoms with Crippen molar-refractivity contribution in [2.24, 2.45) is 0 Å². The zero-order chi connectivity index (χ0) is 24.4. The summed E-state index contributed by atoms with van der Waals surface area (Å²) in [5.74, 6) is -1.59. The summed E-state index contributed by atoms with van der Waals surface area (Å²) in [5.41, 5.74) is 0.586. The third kappa shape index (κ3) is 4.24. The number of nitrogens with zero attached hydrogens (tertiary/aromatic N) is 1. The van der Waals surface area contributed by atoms with Crippen molar-refractivity contribution in [1.29, 1.82) is 0 Å². The molecule has 1 amide bonds. The van der Waals surface area contributed by atoms with Crippen molar-refractivity contribution < 1.29 is 28.6 Å². The summed E-state index contributed by atoms with van der Waals surface area (Å²) < 4.78 is 25.7. The number of carbonyl (C=O) groups excluding carboxylic acids is 2. The van der Waals surface area contributed by atoms with Crippen LogP contribution in [0, 0.1) is 5.82 Å². The van der Waals surface area contributed by atoms with Gasteiger partial charge in [-0.25, -0.2) is 4.39 Å². The predicted molar refractivity (Wildman–Crippen MR) is 126 cm³/mol. The molecule has 3 aromatic rings. The second kappa shape index (κ2) is 9.39. The first kappa shape index (κ1) is 23.0. The summed E-state index contributed by atoms with van der Waals surface area (Å²) in [6.07, 6.45) is -0.0321. The Morgan fingerprint density at radius 3 is 2.15 bits per heavy atom. The minimum atomic E-state index is -1.15. The van der Waals surface area contributed by atoms with Gasteiger partial charge in [0.1, 0.15) is 23.1 Å². The van der Waals surface area contributed by atoms with E-state index in [1.165, 1.54) is 30.2 Å². The molecule has 0 bridgehead atoms. The number of carbonyl (C=O) groups is 2. The van der Waals surface area contributed by atoms with E-state index in [-0.39, 0.29) is 17.2 Å². The first-order valence-corrected chi connectivity index (χ1v) is 10.8. The molecule has 1 heterocycles. The molecule has 4 rings (SSSR count). The number of aliphatic hydroxyl groups is 1. The highest BCUT2D eigenvalue weighted by molar-refractivity contribution is 6.51. The van der Waals surface area contributed by atoms with Gasteiger partial charge in [-0.05, 0) is 68.4 Å². The van der Waals surface area contributed by atoms with Crippen LogP contribution < -0.4 is 14.4 Å². The Morgan fingerprint density at radius 2 is 1.56 bits per heavy atom. The molecule has 1 atom stereocenters. The molecule has 34 heavy (non-hydrogen) atoms. The van der Waals surface area contributed by atoms with Gasteiger partial charge in [-0.15, -0.1) is 0 Å². The molecule has 1 unspecified atom stereocenters. The van der Waals surface area contributed by atoms with E-state index in [0.29, 0.717) is 22.7 Å². The van der Waals surface area contributed by atoms with Gasteiger partial charge in [0.15, 0.2) is 0 Å². The summed E-state index contributed by atoms with van der Waals surface area (Å²) >= 11 is 0. The van der Waals surface area contributed by atoms with Crippen molar-refractivity contribution in [3.8, 4) is 11.5 Å². The number of benzene rings is 3. The monoisotopic (exact) mass is 461 g/mol. The Hall–Kier alpha value is -4.13. The van der Waals surface area contributed by atoms with Gasteiger partial charge in [-0.3, -0.25) is 14.5 Å². The van der Waals surface area contributed by atoms with E-state index >= 15 is 0 Å². The van der Waals surface area contributed by atoms with Crippen LogP contribution in [0.3, 0.4) is 0 Å². The average molecular weight is 461 g/mol. The van der Waals surface area contributed by atoms with E-state index in [9.17, 15) is 19.1 Å². The second-order valence-corrected chi connectivity index (χ2v) is 8.08. The maximum atomic E-state index is 14.9. The summed E-state index contributed by atoms with van der Waals surface area (Å²) in [6, 6.07) is 17.7. The van der Waals surface area contributed by atoms with Crippen molar-refractivity contribution in [2.45, 2.75) is 26.0 Å². The van der Waals surface area contributed by atoms with E-state index in [1.54, 1.807) is 54.6 Å². The molecule has 1 aliphatic rings. The number of aliphatic hydroxyl groups excluding tert-OH is 1. The van der Waals surface area contributed by atoms with Gasteiger partial charge < -0.3 is 14.6 Å². The van der Waals surface area contributed by atoms with Gasteiger partial charge in [0, 0.05) is 16.8 Å². The highest BCUT2D eigenvalue weighted by Crippen LogP contribution is 2.43. The fraction of sp³-hybridized carbons (Fsp3) is 0.185. The first-order valence-electron chi connectivity index (χ1n) is 10.8. The number of ketones is 1. The van der Waals surface area contributed by atoms with E-state index in [2.05, 4.69) is 0 Å². The maximum absolute atomic E-state index is 14.9. The van der Waals surface area contributed by atoms with Gasteiger partial charge >= 0.3 is 0 Å². The van der Waals surface area contributed by atoms with Crippen LogP contribution in [0.4, 0.5) is 10.1 Å². The number of methoxy groups -OCH3 is 1. The minimum absolute atomic E-state index is 0.0321. The van der Waals surface area contributed by atoms with Crippen molar-refractivity contribution in [3.05, 3.63) is 95.3 Å². The van der Waals surface area contributed by atoms with Crippen LogP contribution in [0.25, 0.3) is 5.76 Å². The number of hydrogen-bond acceptors (Lipinski definition) is 5. The van der Waals surface area contributed by atoms with E-state index in [1.807, 2.05) is 13.8 Å². The first-order chi connectivity index (χ1) is 16.3. The van der Waals surface area contributed by atoms with Crippen molar-refractivity contribution in [2.75, 3.05) is 12.0 Å². The zero-order valence-electron chi connectivity index (χ0n) is 19.0. The number of Topliss-reactive ketones (excluding diaryl/α,β-unsaturated/α-hetero) is 1. The quantitative estimate of drug-likeness (QED) is 0.308. The molecule has 3 aromatic carbocycles. The number of ether oxygens (including phenoxy) is 2. The molecular formula is C27H24FNO5. The molecule has 1 saturated heterocycles. The lowest BCUT2D eigenvalue weighted by atomic mass is 9.94. The van der Waals surface area contributed by atoms with Crippen LogP contribution in [-0.2, 0) is 9.59 Å². The normalized spacial score (nSPS) is 17.3. The number of anilines is 1. The lowest BCUT2D eigenvalue weighted by Crippen LogP contribution is -2.29. The number of rotatable bonds is 6. The maximum Gasteiger partial charge on any atom is 0.300 e. The standard InChI is InChI=1S/C27H24FNO5/c1-16(2)34-20-12-8-17(9-13-20)25(30)23-24(21-6-4-5-7-22(21)28)29(27(32)26(23)31)18-10-14-19(33-3)15-11-18/h4-16,24,30H,1-3H3/b25-23-. The van der Waals surface area contributed by atoms with Crippen LogP contribution in [0.2, 0.25) is 0 Å². The molecule has 7 heteroatoms. The van der Waals surface area contributed by atoms with Gasteiger partial charge in [0.2, 0.25) is 0 Å². The van der Waals surface area contributed by atoms with Gasteiger partial charge in [-0.2, -0.15) is 0 Å². The lowest BCUT2D eigenvalue weighted by molar-refractivity contribution is -0.132. The van der Waals surface area contributed by atoms with Crippen LogP contribution >= 0.6 is 0 Å². The highest BCUT2D eigenvalue weighted by Gasteiger charge is 2.47. The second-order valence-electron chi connectivity index (χ2n) is 8.08. The molecule has 1 N–H and O–H groups in total. The number of halogens is 1. The molecule has 1 aliphatic heterocycles. The Morgan fingerprint density at radius 1 is 0.941 bits per heavy atom. The molecule has 0 radical (unpaired) electrons. The van der Waals surface area contributed by atoms with Crippen LogP contribution in [0.1, 0.15) is 31.0 Å². The summed E-state index contributed by atoms with van der Waals surface area (Å²) in [6.45, 7) is 3.78. The van der Waals surface area contributed by atoms with Crippen LogP contribution in [0.5, 0.6) is 11.5 Å². The molecule has 0 saturated carbocycles. The van der Waals surface area contributed by atoms with Crippen LogP contribution in [-0.4, -0.2) is 30.0 Å². The largest absolute Gasteiger partial charge is 0.507 e. The van der Waals surface area contributed by atoms with E-state index < -0.39 is 29.3 Å². The average Bonchev–Trinajstić information content (AvgIpc) is 3.09. The number of amides is 1. The Labute approximate surface area is 196 Å². The third-order valence-electron chi connectivity index (χ3n) is 5.49. The molecular weight excluding hydrogens is 437 g/mol. The van der Waals surface area contributed by atoms with E-state index in [0.717, 1.165) is 0 Å². The summed E-state index contributed by atoms with van der Waals surface area (Å²) in [4.78, 5) is 27.5. The van der Waals surface area contributed by atoms with Gasteiger partial charge in [0.05, 0.1) is 24.8 Å². The molecule has 0 spiro atoms. The summed E-state index contributed by atoms with van der Waals surface area (Å²) in [5, 5.41) is 11.1. The lowest BCUT2D eigenvalue weighted by Gasteiger charge is -2.26. The Balaban J connectivity index is 1.87. The molecule has 0 aliphatic carbocycles. The molecule has 1 fully saturated rings. The van der Waals surface area contributed by atoms with Crippen LogP contribution in [0.15, 0.2) is 78.4 Å². The fourth-order valence-electron chi connectivity index (χ4n) is 3.95. The highest BCUT2D eigenvalue weighted by atomic mass is 19.1. The SMILES string of the molecule is COc1ccc(N2C(=O)C(=O)/C(=C(\O)c3ccc(OC(C)C)cc3)C2c2ccccc2F)cc1. The molecule has 6 nitrogen and oxygen atoms in total. The van der Waals surface area contributed by atoms with E-state index in [4.69, 9.17) is 9.47 Å². The number of hydrogen-bond donors (Lipinski definition) is 1. The fourth-order valence-corrected chi connectivity index (χ4v) is 3.95. The topological polar surface area (TPSA) is 76.1 Å². The third-order valence-corrected chi connectivity index (χ3v) is 5.49. The Kier molecular flexibility index (Phi) is 6.36. The summed E-state index contributed by atoms with van der Waals surface area (Å²) in [7, 11) is 1.51.